The van der Waals surface area contributed by atoms with Gasteiger partial charge in [-0.2, -0.15) is 0 Å². The van der Waals surface area contributed by atoms with Gasteiger partial charge in [-0.1, -0.05) is 42.5 Å². The molecule has 0 saturated carbocycles. The van der Waals surface area contributed by atoms with Gasteiger partial charge in [0.15, 0.2) is 0 Å². The van der Waals surface area contributed by atoms with E-state index in [4.69, 9.17) is 11.6 Å². The SMILES string of the molecule is O=CC(CC1CCNC1=O)NC(=O)CNC(=O)C(Cl)Cc1cccc2ccccc12. The molecular weight excluding hydrogens is 406 g/mol. The summed E-state index contributed by atoms with van der Waals surface area (Å²) >= 11 is 6.27. The molecule has 0 aliphatic carbocycles. The van der Waals surface area contributed by atoms with E-state index in [0.717, 1.165) is 16.3 Å². The summed E-state index contributed by atoms with van der Waals surface area (Å²) in [6.07, 6.45) is 1.81. The van der Waals surface area contributed by atoms with Crippen molar-refractivity contribution in [3.8, 4) is 0 Å². The fourth-order valence-corrected chi connectivity index (χ4v) is 3.86. The summed E-state index contributed by atoms with van der Waals surface area (Å²) in [4.78, 5) is 47.3. The zero-order valence-electron chi connectivity index (χ0n) is 16.4. The van der Waals surface area contributed by atoms with Crippen molar-refractivity contribution in [3.63, 3.8) is 0 Å². The van der Waals surface area contributed by atoms with Gasteiger partial charge in [0.25, 0.3) is 0 Å². The number of rotatable bonds is 9. The lowest BCUT2D eigenvalue weighted by atomic mass is 9.99. The maximum Gasteiger partial charge on any atom is 0.239 e. The number of nitrogens with one attached hydrogen (secondary N) is 3. The molecule has 8 heteroatoms. The number of fused-ring (bicyclic) bond motifs is 1. The van der Waals surface area contributed by atoms with Crippen LogP contribution >= 0.6 is 11.6 Å². The van der Waals surface area contributed by atoms with Crippen molar-refractivity contribution < 1.29 is 19.2 Å². The first-order valence-electron chi connectivity index (χ1n) is 9.88. The fraction of sp³-hybridized carbons (Fsp3) is 0.364. The van der Waals surface area contributed by atoms with Gasteiger partial charge in [0.2, 0.25) is 17.7 Å². The Morgan fingerprint density at radius 3 is 2.70 bits per heavy atom. The molecule has 0 spiro atoms. The highest BCUT2D eigenvalue weighted by Crippen LogP contribution is 2.21. The van der Waals surface area contributed by atoms with E-state index in [2.05, 4.69) is 16.0 Å². The average molecular weight is 430 g/mol. The van der Waals surface area contributed by atoms with Gasteiger partial charge < -0.3 is 20.7 Å². The van der Waals surface area contributed by atoms with E-state index in [-0.39, 0.29) is 24.8 Å². The minimum Gasteiger partial charge on any atom is -0.356 e. The molecule has 1 heterocycles. The summed E-state index contributed by atoms with van der Waals surface area (Å²) in [7, 11) is 0. The van der Waals surface area contributed by atoms with Crippen molar-refractivity contribution in [3.05, 3.63) is 48.0 Å². The molecule has 30 heavy (non-hydrogen) atoms. The highest BCUT2D eigenvalue weighted by Gasteiger charge is 2.28. The van der Waals surface area contributed by atoms with Crippen LogP contribution < -0.4 is 16.0 Å². The molecule has 3 atom stereocenters. The smallest absolute Gasteiger partial charge is 0.239 e. The molecule has 0 aromatic heterocycles. The molecule has 2 aromatic rings. The van der Waals surface area contributed by atoms with Crippen LogP contribution in [0, 0.1) is 5.92 Å². The van der Waals surface area contributed by atoms with E-state index >= 15 is 0 Å². The first-order chi connectivity index (χ1) is 14.5. The molecule has 7 nitrogen and oxygen atoms in total. The van der Waals surface area contributed by atoms with E-state index in [9.17, 15) is 19.2 Å². The van der Waals surface area contributed by atoms with E-state index < -0.39 is 23.2 Å². The summed E-state index contributed by atoms with van der Waals surface area (Å²) in [6.45, 7) is 0.283. The lowest BCUT2D eigenvalue weighted by Gasteiger charge is -2.16. The van der Waals surface area contributed by atoms with Gasteiger partial charge in [0, 0.05) is 12.5 Å². The first-order valence-corrected chi connectivity index (χ1v) is 10.3. The molecule has 1 saturated heterocycles. The Kier molecular flexibility index (Phi) is 7.41. The number of amides is 3. The van der Waals surface area contributed by atoms with E-state index in [1.807, 2.05) is 42.5 Å². The molecule has 0 bridgehead atoms. The van der Waals surface area contributed by atoms with Gasteiger partial charge in [0.1, 0.15) is 11.7 Å². The lowest BCUT2D eigenvalue weighted by molar-refractivity contribution is -0.127. The monoisotopic (exact) mass is 429 g/mol. The number of carbonyl (C=O) groups is 4. The normalized spacial score (nSPS) is 17.8. The molecule has 158 valence electrons. The number of hydrogen-bond acceptors (Lipinski definition) is 4. The third kappa shape index (κ3) is 5.57. The quantitative estimate of drug-likeness (QED) is 0.413. The van der Waals surface area contributed by atoms with E-state index in [0.29, 0.717) is 25.7 Å². The maximum atomic E-state index is 12.3. The lowest BCUT2D eigenvalue weighted by Crippen LogP contribution is -2.45. The van der Waals surface area contributed by atoms with Crippen LogP contribution in [0.3, 0.4) is 0 Å². The summed E-state index contributed by atoms with van der Waals surface area (Å²) in [5.41, 5.74) is 0.948. The van der Waals surface area contributed by atoms with Gasteiger partial charge in [-0.15, -0.1) is 11.6 Å². The zero-order chi connectivity index (χ0) is 21.5. The average Bonchev–Trinajstić information content (AvgIpc) is 3.16. The molecule has 0 radical (unpaired) electrons. The highest BCUT2D eigenvalue weighted by atomic mass is 35.5. The van der Waals surface area contributed by atoms with E-state index in [1.165, 1.54) is 0 Å². The van der Waals surface area contributed by atoms with Gasteiger partial charge in [0.05, 0.1) is 12.6 Å². The number of aldehydes is 1. The van der Waals surface area contributed by atoms with Gasteiger partial charge in [-0.3, -0.25) is 14.4 Å². The first kappa shape index (κ1) is 21.8. The van der Waals surface area contributed by atoms with Crippen molar-refractivity contribution in [2.75, 3.05) is 13.1 Å². The molecule has 1 fully saturated rings. The minimum absolute atomic E-state index is 0.109. The van der Waals surface area contributed by atoms with Crippen molar-refractivity contribution in [1.82, 2.24) is 16.0 Å². The Bertz CT molecular complexity index is 944. The molecule has 3 unspecified atom stereocenters. The van der Waals surface area contributed by atoms with Crippen LogP contribution in [0.25, 0.3) is 10.8 Å². The molecule has 1 aliphatic heterocycles. The Morgan fingerprint density at radius 2 is 1.97 bits per heavy atom. The maximum absolute atomic E-state index is 12.3. The number of alkyl halides is 1. The molecule has 1 aliphatic rings. The second kappa shape index (κ2) is 10.2. The van der Waals surface area contributed by atoms with Crippen LogP contribution in [-0.2, 0) is 25.6 Å². The van der Waals surface area contributed by atoms with Crippen molar-refractivity contribution in [1.29, 1.82) is 0 Å². The largest absolute Gasteiger partial charge is 0.356 e. The predicted octanol–water partition coefficient (Wildman–Crippen LogP) is 1.32. The number of carbonyl (C=O) groups excluding carboxylic acids is 4. The van der Waals surface area contributed by atoms with Gasteiger partial charge >= 0.3 is 0 Å². The third-order valence-electron chi connectivity index (χ3n) is 5.20. The molecule has 2 aromatic carbocycles. The second-order valence-corrected chi connectivity index (χ2v) is 7.88. The topological polar surface area (TPSA) is 104 Å². The van der Waals surface area contributed by atoms with Crippen LogP contribution in [0.2, 0.25) is 0 Å². The summed E-state index contributed by atoms with van der Waals surface area (Å²) in [6, 6.07) is 12.9. The third-order valence-corrected chi connectivity index (χ3v) is 5.55. The summed E-state index contributed by atoms with van der Waals surface area (Å²) in [5, 5.41) is 8.99. The number of halogens is 1. The fourth-order valence-electron chi connectivity index (χ4n) is 3.62. The Hall–Kier alpha value is -2.93. The minimum atomic E-state index is -0.840. The standard InChI is InChI=1S/C22H24ClN3O4/c23-19(11-15-6-3-5-14-4-1-2-7-18(14)15)22(30)25-12-20(28)26-17(13-27)10-16-8-9-24-21(16)29/h1-7,13,16-17,19H,8-12H2,(H,24,29)(H,25,30)(H,26,28). The van der Waals surface area contributed by atoms with Crippen LogP contribution in [0.1, 0.15) is 18.4 Å². The van der Waals surface area contributed by atoms with E-state index in [1.54, 1.807) is 0 Å². The Morgan fingerprint density at radius 1 is 1.20 bits per heavy atom. The molecule has 3 N–H and O–H groups in total. The molecule has 3 amide bonds. The highest BCUT2D eigenvalue weighted by molar-refractivity contribution is 6.31. The Balaban J connectivity index is 1.48. The van der Waals surface area contributed by atoms with Crippen LogP contribution in [0.4, 0.5) is 0 Å². The number of benzene rings is 2. The molecule has 3 rings (SSSR count). The van der Waals surface area contributed by atoms with Crippen LogP contribution in [0.5, 0.6) is 0 Å². The van der Waals surface area contributed by atoms with Crippen LogP contribution in [-0.4, -0.2) is 48.5 Å². The zero-order valence-corrected chi connectivity index (χ0v) is 17.2. The number of hydrogen-bond donors (Lipinski definition) is 3. The van der Waals surface area contributed by atoms with Crippen LogP contribution in [0.15, 0.2) is 42.5 Å². The van der Waals surface area contributed by atoms with Gasteiger partial charge in [-0.05, 0) is 35.6 Å². The predicted molar refractivity (Wildman–Crippen MR) is 114 cm³/mol. The summed E-state index contributed by atoms with van der Waals surface area (Å²) in [5.74, 6) is -1.36. The Labute approximate surface area is 179 Å². The van der Waals surface area contributed by atoms with Crippen molar-refractivity contribution >= 4 is 46.4 Å². The second-order valence-electron chi connectivity index (χ2n) is 7.35. The molecular formula is C22H24ClN3O4. The van der Waals surface area contributed by atoms with Gasteiger partial charge in [-0.25, -0.2) is 0 Å². The van der Waals surface area contributed by atoms with Crippen molar-refractivity contribution in [2.45, 2.75) is 30.7 Å². The summed E-state index contributed by atoms with van der Waals surface area (Å²) < 4.78 is 0. The van der Waals surface area contributed by atoms with Crippen molar-refractivity contribution in [2.24, 2.45) is 5.92 Å².